The van der Waals surface area contributed by atoms with Crippen LogP contribution in [0.15, 0.2) is 12.4 Å². The van der Waals surface area contributed by atoms with E-state index in [2.05, 4.69) is 43.1 Å². The summed E-state index contributed by atoms with van der Waals surface area (Å²) < 4.78 is 1.90. The number of aromatic nitrogens is 2. The molecule has 0 aliphatic carbocycles. The van der Waals surface area contributed by atoms with E-state index < -0.39 is 8.07 Å². The zero-order valence-corrected chi connectivity index (χ0v) is 9.76. The highest BCUT2D eigenvalue weighted by Gasteiger charge is 2.07. The second-order valence-electron chi connectivity index (χ2n) is 4.08. The van der Waals surface area contributed by atoms with Gasteiger partial charge in [-0.3, -0.25) is 4.68 Å². The number of rotatable bonds is 1. The quantitative estimate of drug-likeness (QED) is 0.492. The second kappa shape index (κ2) is 3.80. The third kappa shape index (κ3) is 3.47. The Morgan fingerprint density at radius 1 is 1.46 bits per heavy atom. The summed E-state index contributed by atoms with van der Waals surface area (Å²) in [5, 5.41) is 4.16. The highest BCUT2D eigenvalue weighted by Crippen LogP contribution is 1.99. The summed E-state index contributed by atoms with van der Waals surface area (Å²) in [6, 6.07) is 0. The van der Waals surface area contributed by atoms with E-state index in [0.717, 1.165) is 12.1 Å². The molecule has 0 atom stereocenters. The van der Waals surface area contributed by atoms with Crippen LogP contribution in [0.4, 0.5) is 0 Å². The molecule has 0 aliphatic heterocycles. The summed E-state index contributed by atoms with van der Waals surface area (Å²) in [5.74, 6) is 3.17. The molecule has 1 heterocycles. The van der Waals surface area contributed by atoms with Crippen molar-refractivity contribution in [1.82, 2.24) is 9.78 Å². The first kappa shape index (κ1) is 10.1. The minimum absolute atomic E-state index is 0.911. The van der Waals surface area contributed by atoms with Gasteiger partial charge in [0.2, 0.25) is 0 Å². The first-order valence-corrected chi connectivity index (χ1v) is 8.07. The lowest BCUT2D eigenvalue weighted by Crippen LogP contribution is -2.16. The molecule has 1 aromatic heterocycles. The van der Waals surface area contributed by atoms with Crippen LogP contribution in [0.1, 0.15) is 12.5 Å². The van der Waals surface area contributed by atoms with Crippen molar-refractivity contribution in [3.05, 3.63) is 18.0 Å². The molecule has 0 N–H and O–H groups in total. The van der Waals surface area contributed by atoms with Gasteiger partial charge >= 0.3 is 0 Å². The van der Waals surface area contributed by atoms with Gasteiger partial charge in [-0.25, -0.2) is 0 Å². The van der Waals surface area contributed by atoms with Gasteiger partial charge in [-0.15, -0.1) is 5.54 Å². The van der Waals surface area contributed by atoms with Crippen LogP contribution in [-0.4, -0.2) is 17.9 Å². The molecular formula is C10H16N2Si. The van der Waals surface area contributed by atoms with Gasteiger partial charge in [0.15, 0.2) is 0 Å². The lowest BCUT2D eigenvalue weighted by Gasteiger charge is -2.02. The molecule has 0 bridgehead atoms. The fourth-order valence-corrected chi connectivity index (χ4v) is 1.38. The van der Waals surface area contributed by atoms with Gasteiger partial charge in [0.05, 0.1) is 11.8 Å². The van der Waals surface area contributed by atoms with E-state index in [9.17, 15) is 0 Å². The summed E-state index contributed by atoms with van der Waals surface area (Å²) in [6.07, 6.45) is 3.82. The molecule has 0 aromatic carbocycles. The molecule has 0 saturated carbocycles. The number of nitrogens with zero attached hydrogens (tertiary/aromatic N) is 2. The third-order valence-electron chi connectivity index (χ3n) is 1.54. The van der Waals surface area contributed by atoms with Gasteiger partial charge in [0.1, 0.15) is 8.07 Å². The van der Waals surface area contributed by atoms with Crippen molar-refractivity contribution in [2.24, 2.45) is 0 Å². The van der Waals surface area contributed by atoms with Crippen molar-refractivity contribution >= 4 is 8.07 Å². The van der Waals surface area contributed by atoms with E-state index in [1.807, 2.05) is 17.1 Å². The lowest BCUT2D eigenvalue weighted by molar-refractivity contribution is 0.660. The van der Waals surface area contributed by atoms with Gasteiger partial charge in [0, 0.05) is 12.7 Å². The summed E-state index contributed by atoms with van der Waals surface area (Å²) >= 11 is 0. The Bertz CT molecular complexity index is 336. The molecule has 0 radical (unpaired) electrons. The first-order valence-electron chi connectivity index (χ1n) is 4.57. The molecule has 2 nitrogen and oxygen atoms in total. The van der Waals surface area contributed by atoms with Crippen LogP contribution >= 0.6 is 0 Å². The van der Waals surface area contributed by atoms with E-state index in [0.29, 0.717) is 0 Å². The van der Waals surface area contributed by atoms with Crippen molar-refractivity contribution < 1.29 is 0 Å². The van der Waals surface area contributed by atoms with Crippen LogP contribution in [0.2, 0.25) is 19.6 Å². The van der Waals surface area contributed by atoms with Crippen molar-refractivity contribution in [3.8, 4) is 11.5 Å². The fourth-order valence-electron chi connectivity index (χ4n) is 0.861. The molecule has 0 fully saturated rings. The topological polar surface area (TPSA) is 17.8 Å². The molecule has 0 spiro atoms. The maximum Gasteiger partial charge on any atom is 0.129 e. The number of hydrogen-bond acceptors (Lipinski definition) is 1. The van der Waals surface area contributed by atoms with Crippen LogP contribution in [0.25, 0.3) is 0 Å². The van der Waals surface area contributed by atoms with Crippen LogP contribution in [0, 0.1) is 11.5 Å². The van der Waals surface area contributed by atoms with Crippen molar-refractivity contribution in [1.29, 1.82) is 0 Å². The standard InChI is InChI=1S/C10H16N2Si/c1-5-12-9-10(8-11-12)6-7-13(2,3)4/h8-9H,5H2,1-4H3. The van der Waals surface area contributed by atoms with Crippen LogP contribution < -0.4 is 0 Å². The van der Waals surface area contributed by atoms with Crippen LogP contribution in [0.3, 0.4) is 0 Å². The Hall–Kier alpha value is -1.01. The Balaban J connectivity index is 2.78. The van der Waals surface area contributed by atoms with Gasteiger partial charge in [0.25, 0.3) is 0 Å². The SMILES string of the molecule is CCn1cc(C#C[Si](C)(C)C)cn1. The Morgan fingerprint density at radius 2 is 2.15 bits per heavy atom. The molecule has 0 saturated heterocycles. The van der Waals surface area contributed by atoms with Gasteiger partial charge < -0.3 is 0 Å². The summed E-state index contributed by atoms with van der Waals surface area (Å²) in [5.41, 5.74) is 4.34. The largest absolute Gasteiger partial charge is 0.272 e. The van der Waals surface area contributed by atoms with E-state index in [1.165, 1.54) is 0 Å². The van der Waals surface area contributed by atoms with E-state index >= 15 is 0 Å². The van der Waals surface area contributed by atoms with Crippen molar-refractivity contribution in [2.45, 2.75) is 33.1 Å². The molecule has 0 amide bonds. The molecule has 0 unspecified atom stereocenters. The highest BCUT2D eigenvalue weighted by molar-refractivity contribution is 6.83. The summed E-state index contributed by atoms with van der Waals surface area (Å²) in [7, 11) is -1.24. The molecule has 70 valence electrons. The normalized spacial score (nSPS) is 10.8. The Labute approximate surface area is 81.0 Å². The van der Waals surface area contributed by atoms with E-state index in [4.69, 9.17) is 0 Å². The number of aryl methyl sites for hydroxylation is 1. The van der Waals surface area contributed by atoms with E-state index in [-0.39, 0.29) is 0 Å². The Morgan fingerprint density at radius 3 is 2.62 bits per heavy atom. The minimum Gasteiger partial charge on any atom is -0.272 e. The number of hydrogen-bond donors (Lipinski definition) is 0. The predicted octanol–water partition coefficient (Wildman–Crippen LogP) is 2.13. The van der Waals surface area contributed by atoms with Gasteiger partial charge in [-0.05, 0) is 6.92 Å². The molecular weight excluding hydrogens is 176 g/mol. The Kier molecular flexibility index (Phi) is 2.94. The molecule has 13 heavy (non-hydrogen) atoms. The zero-order valence-electron chi connectivity index (χ0n) is 8.76. The molecule has 0 aliphatic rings. The fraction of sp³-hybridized carbons (Fsp3) is 0.500. The van der Waals surface area contributed by atoms with E-state index in [1.54, 1.807) is 0 Å². The van der Waals surface area contributed by atoms with Crippen LogP contribution in [0.5, 0.6) is 0 Å². The molecule has 1 aromatic rings. The monoisotopic (exact) mass is 192 g/mol. The van der Waals surface area contributed by atoms with Crippen molar-refractivity contribution in [3.63, 3.8) is 0 Å². The summed E-state index contributed by atoms with van der Waals surface area (Å²) in [4.78, 5) is 0. The van der Waals surface area contributed by atoms with Crippen LogP contribution in [-0.2, 0) is 6.54 Å². The second-order valence-corrected chi connectivity index (χ2v) is 8.83. The first-order chi connectivity index (χ1) is 6.01. The maximum atomic E-state index is 4.16. The average Bonchev–Trinajstić information content (AvgIpc) is 2.47. The molecule has 3 heteroatoms. The third-order valence-corrected chi connectivity index (χ3v) is 2.41. The smallest absolute Gasteiger partial charge is 0.129 e. The minimum atomic E-state index is -1.24. The van der Waals surface area contributed by atoms with Gasteiger partial charge in [-0.2, -0.15) is 5.10 Å². The highest BCUT2D eigenvalue weighted by atomic mass is 28.3. The summed E-state index contributed by atoms with van der Waals surface area (Å²) in [6.45, 7) is 9.70. The lowest BCUT2D eigenvalue weighted by atomic mass is 10.4. The molecule has 1 rings (SSSR count). The predicted molar refractivity (Wildman–Crippen MR) is 58.1 cm³/mol. The maximum absolute atomic E-state index is 4.16. The van der Waals surface area contributed by atoms with Gasteiger partial charge in [-0.1, -0.05) is 25.6 Å². The zero-order chi connectivity index (χ0) is 9.90. The average molecular weight is 192 g/mol. The van der Waals surface area contributed by atoms with Crippen molar-refractivity contribution in [2.75, 3.05) is 0 Å².